The Morgan fingerprint density at radius 1 is 1.12 bits per heavy atom. The van der Waals surface area contributed by atoms with Crippen LogP contribution in [0.15, 0.2) is 24.3 Å². The highest BCUT2D eigenvalue weighted by atomic mass is 16.5. The van der Waals surface area contributed by atoms with Crippen LogP contribution in [0.2, 0.25) is 0 Å². The van der Waals surface area contributed by atoms with Crippen molar-refractivity contribution in [1.29, 1.82) is 0 Å². The van der Waals surface area contributed by atoms with E-state index >= 15 is 0 Å². The van der Waals surface area contributed by atoms with Crippen LogP contribution in [0.4, 0.5) is 0 Å². The number of benzene rings is 1. The topological polar surface area (TPSA) is 42.0 Å². The van der Waals surface area contributed by atoms with E-state index in [1.807, 2.05) is 24.3 Å². The summed E-state index contributed by atoms with van der Waals surface area (Å²) in [6, 6.07) is 8.31. The smallest absolute Gasteiger partial charge is 0.222 e. The Morgan fingerprint density at radius 2 is 1.88 bits per heavy atom. The third-order valence-corrected chi connectivity index (χ3v) is 6.16. The normalized spacial score (nSPS) is 27.0. The lowest BCUT2D eigenvalue weighted by atomic mass is 9.73. The molecule has 1 aromatic carbocycles. The van der Waals surface area contributed by atoms with Crippen molar-refractivity contribution < 1.29 is 14.3 Å². The highest BCUT2D eigenvalue weighted by Gasteiger charge is 2.45. The molecule has 2 aliphatic heterocycles. The van der Waals surface area contributed by atoms with Crippen molar-refractivity contribution >= 4 is 5.91 Å². The molecule has 2 saturated heterocycles. The number of piperidine rings is 2. The number of amides is 1. The highest BCUT2D eigenvalue weighted by Crippen LogP contribution is 2.42. The summed E-state index contributed by atoms with van der Waals surface area (Å²) in [5, 5.41) is 0. The van der Waals surface area contributed by atoms with E-state index in [1.165, 1.54) is 25.7 Å². The van der Waals surface area contributed by atoms with Crippen molar-refractivity contribution in [3.63, 3.8) is 0 Å². The van der Waals surface area contributed by atoms with Gasteiger partial charge in [0, 0.05) is 37.5 Å². The maximum Gasteiger partial charge on any atom is 0.222 e. The molecule has 2 heterocycles. The number of carbonyl (C=O) groups is 1. The molecule has 26 heavy (non-hydrogen) atoms. The van der Waals surface area contributed by atoms with Crippen LogP contribution in [0.3, 0.4) is 0 Å². The first kappa shape index (κ1) is 17.7. The van der Waals surface area contributed by atoms with E-state index in [-0.39, 0.29) is 0 Å². The fourth-order valence-corrected chi connectivity index (χ4v) is 4.56. The van der Waals surface area contributed by atoms with E-state index in [1.54, 1.807) is 7.11 Å². The summed E-state index contributed by atoms with van der Waals surface area (Å²) in [6.45, 7) is 4.88. The van der Waals surface area contributed by atoms with Crippen LogP contribution in [0, 0.1) is 5.41 Å². The Kier molecular flexibility index (Phi) is 5.07. The van der Waals surface area contributed by atoms with E-state index in [0.29, 0.717) is 24.0 Å². The zero-order valence-corrected chi connectivity index (χ0v) is 15.8. The number of hydrogen-bond acceptors (Lipinski definition) is 4. The van der Waals surface area contributed by atoms with Crippen molar-refractivity contribution in [3.8, 4) is 11.5 Å². The molecule has 0 bridgehead atoms. The van der Waals surface area contributed by atoms with Crippen molar-refractivity contribution in [3.05, 3.63) is 24.3 Å². The van der Waals surface area contributed by atoms with Crippen LogP contribution >= 0.6 is 0 Å². The second-order valence-corrected chi connectivity index (χ2v) is 8.16. The molecule has 1 aliphatic carbocycles. The lowest BCUT2D eigenvalue weighted by Crippen LogP contribution is -2.55. The molecular formula is C21H30N2O3. The van der Waals surface area contributed by atoms with Gasteiger partial charge in [0.1, 0.15) is 18.1 Å². The first-order valence-electron chi connectivity index (χ1n) is 9.96. The molecule has 5 heteroatoms. The highest BCUT2D eigenvalue weighted by molar-refractivity contribution is 5.78. The second kappa shape index (κ2) is 7.47. The van der Waals surface area contributed by atoms with Gasteiger partial charge < -0.3 is 14.4 Å². The number of carbonyl (C=O) groups excluding carboxylic acids is 1. The van der Waals surface area contributed by atoms with Gasteiger partial charge in [-0.2, -0.15) is 0 Å². The zero-order valence-electron chi connectivity index (χ0n) is 15.8. The molecule has 1 saturated carbocycles. The molecule has 3 fully saturated rings. The van der Waals surface area contributed by atoms with Crippen LogP contribution in [0.1, 0.15) is 38.5 Å². The van der Waals surface area contributed by atoms with E-state index in [0.717, 1.165) is 50.5 Å². The van der Waals surface area contributed by atoms with Gasteiger partial charge >= 0.3 is 0 Å². The van der Waals surface area contributed by atoms with Crippen molar-refractivity contribution in [1.82, 2.24) is 9.80 Å². The molecule has 1 aromatic rings. The average molecular weight is 358 g/mol. The summed E-state index contributed by atoms with van der Waals surface area (Å²) >= 11 is 0. The molecule has 4 rings (SSSR count). The Balaban J connectivity index is 1.28. The molecule has 0 radical (unpaired) electrons. The van der Waals surface area contributed by atoms with Crippen LogP contribution in [0.5, 0.6) is 11.5 Å². The molecule has 0 aromatic heterocycles. The minimum atomic E-state index is 0.314. The van der Waals surface area contributed by atoms with Crippen molar-refractivity contribution in [2.24, 2.45) is 5.41 Å². The number of rotatable bonds is 6. The van der Waals surface area contributed by atoms with Crippen molar-refractivity contribution in [2.75, 3.05) is 39.9 Å². The lowest BCUT2D eigenvalue weighted by molar-refractivity contribution is -0.140. The van der Waals surface area contributed by atoms with Gasteiger partial charge in [-0.3, -0.25) is 9.69 Å². The molecule has 142 valence electrons. The third-order valence-electron chi connectivity index (χ3n) is 6.16. The van der Waals surface area contributed by atoms with Gasteiger partial charge in [-0.25, -0.2) is 0 Å². The quantitative estimate of drug-likeness (QED) is 0.784. The van der Waals surface area contributed by atoms with E-state index in [2.05, 4.69) is 9.80 Å². The van der Waals surface area contributed by atoms with Crippen LogP contribution in [-0.4, -0.2) is 61.6 Å². The number of nitrogens with zero attached hydrogens (tertiary/aromatic N) is 2. The van der Waals surface area contributed by atoms with E-state index in [9.17, 15) is 4.79 Å². The SMILES string of the molecule is COc1ccc(OCCN2CCC[C@]3(CCC(=O)N(C4CC4)C3)C2)cc1. The Morgan fingerprint density at radius 3 is 2.62 bits per heavy atom. The Labute approximate surface area is 156 Å². The van der Waals surface area contributed by atoms with Gasteiger partial charge in [0.25, 0.3) is 0 Å². The van der Waals surface area contributed by atoms with E-state index < -0.39 is 0 Å². The number of likely N-dealkylation sites (tertiary alicyclic amines) is 2. The summed E-state index contributed by atoms with van der Waals surface area (Å²) in [5.74, 6) is 2.13. The molecule has 0 unspecified atom stereocenters. The number of methoxy groups -OCH3 is 1. The average Bonchev–Trinajstić information content (AvgIpc) is 3.50. The molecule has 5 nitrogen and oxygen atoms in total. The fourth-order valence-electron chi connectivity index (χ4n) is 4.56. The molecule has 1 atom stereocenters. The summed E-state index contributed by atoms with van der Waals surface area (Å²) in [6.07, 6.45) is 6.72. The second-order valence-electron chi connectivity index (χ2n) is 8.16. The Hall–Kier alpha value is -1.75. The largest absolute Gasteiger partial charge is 0.497 e. The predicted molar refractivity (Wildman–Crippen MR) is 101 cm³/mol. The Bertz CT molecular complexity index is 629. The third kappa shape index (κ3) is 3.98. The first-order valence-corrected chi connectivity index (χ1v) is 9.96. The number of ether oxygens (including phenoxy) is 2. The molecule has 3 aliphatic rings. The molecule has 1 spiro atoms. The first-order chi connectivity index (χ1) is 12.7. The predicted octanol–water partition coefficient (Wildman–Crippen LogP) is 2.94. The van der Waals surface area contributed by atoms with Crippen LogP contribution in [0.25, 0.3) is 0 Å². The summed E-state index contributed by atoms with van der Waals surface area (Å²) < 4.78 is 11.1. The maximum atomic E-state index is 12.2. The van der Waals surface area contributed by atoms with Gasteiger partial charge in [-0.15, -0.1) is 0 Å². The van der Waals surface area contributed by atoms with Gasteiger partial charge in [0.15, 0.2) is 0 Å². The van der Waals surface area contributed by atoms with Crippen LogP contribution < -0.4 is 9.47 Å². The number of hydrogen-bond donors (Lipinski definition) is 0. The summed E-state index contributed by atoms with van der Waals surface area (Å²) in [5.41, 5.74) is 0.314. The van der Waals surface area contributed by atoms with Crippen molar-refractivity contribution in [2.45, 2.75) is 44.6 Å². The molecule has 0 N–H and O–H groups in total. The van der Waals surface area contributed by atoms with Gasteiger partial charge in [-0.05, 0) is 62.9 Å². The monoisotopic (exact) mass is 358 g/mol. The van der Waals surface area contributed by atoms with Crippen LogP contribution in [-0.2, 0) is 4.79 Å². The standard InChI is InChI=1S/C21H30N2O3/c1-25-18-5-7-19(8-6-18)26-14-13-22-12-2-10-21(15-22)11-9-20(24)23(16-21)17-3-4-17/h5-8,17H,2-4,9-16H2,1H3/t21-/m0/s1. The summed E-state index contributed by atoms with van der Waals surface area (Å²) in [7, 11) is 1.67. The fraction of sp³-hybridized carbons (Fsp3) is 0.667. The van der Waals surface area contributed by atoms with Gasteiger partial charge in [0.05, 0.1) is 7.11 Å². The molecular weight excluding hydrogens is 328 g/mol. The zero-order chi connectivity index (χ0) is 18.0. The van der Waals surface area contributed by atoms with Gasteiger partial charge in [-0.1, -0.05) is 0 Å². The lowest BCUT2D eigenvalue weighted by Gasteiger charge is -2.48. The molecule has 1 amide bonds. The minimum absolute atomic E-state index is 0.314. The summed E-state index contributed by atoms with van der Waals surface area (Å²) in [4.78, 5) is 17.0. The maximum absolute atomic E-state index is 12.2. The van der Waals surface area contributed by atoms with Gasteiger partial charge in [0.2, 0.25) is 5.91 Å². The van der Waals surface area contributed by atoms with E-state index in [4.69, 9.17) is 9.47 Å². The minimum Gasteiger partial charge on any atom is -0.497 e.